The normalized spacial score (nSPS) is 12.9. The van der Waals surface area contributed by atoms with Crippen molar-refractivity contribution >= 4 is 6.29 Å². The second kappa shape index (κ2) is 22.4. The Morgan fingerprint density at radius 3 is 1.64 bits per heavy atom. The van der Waals surface area contributed by atoms with Gasteiger partial charge in [0.1, 0.15) is 6.29 Å². The van der Waals surface area contributed by atoms with E-state index in [4.69, 9.17) is 0 Å². The van der Waals surface area contributed by atoms with Gasteiger partial charge in [-0.2, -0.15) is 0 Å². The van der Waals surface area contributed by atoms with E-state index in [0.29, 0.717) is 5.92 Å². The summed E-state index contributed by atoms with van der Waals surface area (Å²) in [6, 6.07) is 0. The average Bonchev–Trinajstić information content (AvgIpc) is 2.70. The van der Waals surface area contributed by atoms with Gasteiger partial charge in [-0.05, 0) is 37.2 Å². The van der Waals surface area contributed by atoms with Gasteiger partial charge in [-0.1, -0.05) is 122 Å². The van der Waals surface area contributed by atoms with Crippen LogP contribution in [0.5, 0.6) is 0 Å². The van der Waals surface area contributed by atoms with Crippen LogP contribution in [-0.2, 0) is 4.79 Å². The van der Waals surface area contributed by atoms with Crippen LogP contribution >= 0.6 is 0 Å². The molecule has 0 fully saturated rings. The lowest BCUT2D eigenvalue weighted by atomic mass is 9.93. The second-order valence-electron chi connectivity index (χ2n) is 8.63. The van der Waals surface area contributed by atoms with Crippen LogP contribution in [0, 0.1) is 5.92 Å². The molecule has 0 rings (SSSR count). The van der Waals surface area contributed by atoms with Crippen molar-refractivity contribution in [3.8, 4) is 0 Å². The van der Waals surface area contributed by atoms with Gasteiger partial charge in [0.15, 0.2) is 0 Å². The molecular formula is C27H50O. The first-order chi connectivity index (χ1) is 13.8. The minimum atomic E-state index is 0.506. The van der Waals surface area contributed by atoms with Crippen LogP contribution < -0.4 is 0 Å². The van der Waals surface area contributed by atoms with Crippen molar-refractivity contribution in [2.75, 3.05) is 0 Å². The SMILES string of the molecule is C=CCC(/C=C(/C=O)CCCCCCCCCC)CCCCCCCCCC. The van der Waals surface area contributed by atoms with E-state index in [1.165, 1.54) is 103 Å². The fourth-order valence-corrected chi connectivity index (χ4v) is 3.97. The molecule has 0 saturated heterocycles. The standard InChI is InChI=1S/C27H50O/c1-4-7-9-11-13-15-17-19-22-26(21-6-3)24-27(25-28)23-20-18-16-14-12-10-8-5-2/h6,24-26H,3-5,7-23H2,1-2H3/b27-24+. The summed E-state index contributed by atoms with van der Waals surface area (Å²) < 4.78 is 0. The van der Waals surface area contributed by atoms with Crippen molar-refractivity contribution in [2.45, 2.75) is 136 Å². The summed E-state index contributed by atoms with van der Waals surface area (Å²) in [5.74, 6) is 0.506. The van der Waals surface area contributed by atoms with E-state index < -0.39 is 0 Å². The number of unbranched alkanes of at least 4 members (excludes halogenated alkanes) is 14. The van der Waals surface area contributed by atoms with Crippen molar-refractivity contribution in [1.29, 1.82) is 0 Å². The maximum atomic E-state index is 11.5. The van der Waals surface area contributed by atoms with Gasteiger partial charge in [0.25, 0.3) is 0 Å². The first kappa shape index (κ1) is 27.1. The van der Waals surface area contributed by atoms with Crippen LogP contribution in [0.3, 0.4) is 0 Å². The maximum absolute atomic E-state index is 11.5. The maximum Gasteiger partial charge on any atom is 0.145 e. The lowest BCUT2D eigenvalue weighted by Gasteiger charge is -2.12. The molecule has 1 atom stereocenters. The molecule has 0 saturated carbocycles. The zero-order valence-corrected chi connectivity index (χ0v) is 19.4. The Kier molecular flexibility index (Phi) is 21.8. The van der Waals surface area contributed by atoms with Crippen LogP contribution in [-0.4, -0.2) is 6.29 Å². The summed E-state index contributed by atoms with van der Waals surface area (Å²) >= 11 is 0. The molecule has 1 unspecified atom stereocenters. The Morgan fingerprint density at radius 2 is 1.18 bits per heavy atom. The molecule has 0 aliphatic rings. The number of allylic oxidation sites excluding steroid dienone is 3. The van der Waals surface area contributed by atoms with Gasteiger partial charge in [0.2, 0.25) is 0 Å². The summed E-state index contributed by atoms with van der Waals surface area (Å²) in [7, 11) is 0. The Hall–Kier alpha value is -0.850. The van der Waals surface area contributed by atoms with Crippen LogP contribution in [0.2, 0.25) is 0 Å². The van der Waals surface area contributed by atoms with Gasteiger partial charge in [-0.3, -0.25) is 4.79 Å². The smallest absolute Gasteiger partial charge is 0.145 e. The van der Waals surface area contributed by atoms with Crippen molar-refractivity contribution in [2.24, 2.45) is 5.92 Å². The zero-order chi connectivity index (χ0) is 20.7. The third-order valence-electron chi connectivity index (χ3n) is 5.82. The van der Waals surface area contributed by atoms with Gasteiger partial charge in [0.05, 0.1) is 0 Å². The minimum Gasteiger partial charge on any atom is -0.298 e. The molecule has 0 aliphatic heterocycles. The lowest BCUT2D eigenvalue weighted by Crippen LogP contribution is -1.99. The van der Waals surface area contributed by atoms with E-state index in [0.717, 1.165) is 31.1 Å². The number of aldehydes is 1. The van der Waals surface area contributed by atoms with E-state index in [1.54, 1.807) is 0 Å². The molecule has 0 aromatic heterocycles. The third kappa shape index (κ3) is 18.5. The Balaban J connectivity index is 3.96. The molecule has 0 aromatic carbocycles. The quantitative estimate of drug-likeness (QED) is 0.0778. The summed E-state index contributed by atoms with van der Waals surface area (Å²) in [5.41, 5.74) is 1.03. The highest BCUT2D eigenvalue weighted by Gasteiger charge is 2.06. The van der Waals surface area contributed by atoms with E-state index in [9.17, 15) is 4.79 Å². The summed E-state index contributed by atoms with van der Waals surface area (Å²) in [4.78, 5) is 11.5. The molecule has 1 nitrogen and oxygen atoms in total. The fourth-order valence-electron chi connectivity index (χ4n) is 3.97. The highest BCUT2D eigenvalue weighted by atomic mass is 16.1. The number of carbonyl (C=O) groups is 1. The van der Waals surface area contributed by atoms with Gasteiger partial charge in [-0.25, -0.2) is 0 Å². The highest BCUT2D eigenvalue weighted by molar-refractivity contribution is 5.73. The molecule has 1 heteroatoms. The molecule has 0 spiro atoms. The first-order valence-corrected chi connectivity index (χ1v) is 12.5. The molecule has 0 radical (unpaired) electrons. The summed E-state index contributed by atoms with van der Waals surface area (Å²) in [6.07, 6.45) is 30.0. The van der Waals surface area contributed by atoms with Crippen molar-refractivity contribution in [3.05, 3.63) is 24.3 Å². The predicted octanol–water partition coefficient (Wildman–Crippen LogP) is 9.37. The highest BCUT2D eigenvalue weighted by Crippen LogP contribution is 2.21. The molecule has 0 aliphatic carbocycles. The van der Waals surface area contributed by atoms with E-state index in [-0.39, 0.29) is 0 Å². The number of carbonyl (C=O) groups excluding carboxylic acids is 1. The number of hydrogen-bond acceptors (Lipinski definition) is 1. The van der Waals surface area contributed by atoms with Crippen LogP contribution in [0.4, 0.5) is 0 Å². The summed E-state index contributed by atoms with van der Waals surface area (Å²) in [6.45, 7) is 8.46. The largest absolute Gasteiger partial charge is 0.298 e. The molecule has 0 N–H and O–H groups in total. The second-order valence-corrected chi connectivity index (χ2v) is 8.63. The molecule has 0 heterocycles. The Bertz CT molecular complexity index is 368. The molecule has 164 valence electrons. The first-order valence-electron chi connectivity index (χ1n) is 12.5. The Labute approximate surface area is 177 Å². The van der Waals surface area contributed by atoms with Gasteiger partial charge in [0, 0.05) is 0 Å². The minimum absolute atomic E-state index is 0.506. The van der Waals surface area contributed by atoms with E-state index >= 15 is 0 Å². The predicted molar refractivity (Wildman–Crippen MR) is 127 cm³/mol. The molecule has 0 bridgehead atoms. The summed E-state index contributed by atoms with van der Waals surface area (Å²) in [5, 5.41) is 0. The van der Waals surface area contributed by atoms with Crippen molar-refractivity contribution in [1.82, 2.24) is 0 Å². The monoisotopic (exact) mass is 390 g/mol. The van der Waals surface area contributed by atoms with Crippen molar-refractivity contribution in [3.63, 3.8) is 0 Å². The van der Waals surface area contributed by atoms with Gasteiger partial charge >= 0.3 is 0 Å². The molecule has 0 aromatic rings. The third-order valence-corrected chi connectivity index (χ3v) is 5.82. The molecule has 0 amide bonds. The van der Waals surface area contributed by atoms with Crippen LogP contribution in [0.1, 0.15) is 136 Å². The topological polar surface area (TPSA) is 17.1 Å². The molecule has 28 heavy (non-hydrogen) atoms. The Morgan fingerprint density at radius 1 is 0.714 bits per heavy atom. The van der Waals surface area contributed by atoms with E-state index in [2.05, 4.69) is 26.5 Å². The molecular weight excluding hydrogens is 340 g/mol. The lowest BCUT2D eigenvalue weighted by molar-refractivity contribution is -0.105. The number of rotatable bonds is 22. The zero-order valence-electron chi connectivity index (χ0n) is 19.4. The van der Waals surface area contributed by atoms with Gasteiger partial charge < -0.3 is 0 Å². The van der Waals surface area contributed by atoms with Gasteiger partial charge in [-0.15, -0.1) is 6.58 Å². The van der Waals surface area contributed by atoms with Crippen LogP contribution in [0.25, 0.3) is 0 Å². The van der Waals surface area contributed by atoms with Crippen molar-refractivity contribution < 1.29 is 4.79 Å². The fraction of sp³-hybridized carbons (Fsp3) is 0.815. The van der Waals surface area contributed by atoms with Crippen LogP contribution in [0.15, 0.2) is 24.3 Å². The average molecular weight is 391 g/mol. The number of hydrogen-bond donors (Lipinski definition) is 0. The van der Waals surface area contributed by atoms with E-state index in [1.807, 2.05) is 6.08 Å².